The fourth-order valence-electron chi connectivity index (χ4n) is 2.93. The number of carbonyl (C=O) groups is 1. The summed E-state index contributed by atoms with van der Waals surface area (Å²) in [6.07, 6.45) is 3.74. The van der Waals surface area contributed by atoms with Gasteiger partial charge in [-0.05, 0) is 59.3 Å². The van der Waals surface area contributed by atoms with Crippen molar-refractivity contribution in [3.05, 3.63) is 76.0 Å². The van der Waals surface area contributed by atoms with Crippen molar-refractivity contribution in [3.63, 3.8) is 0 Å². The lowest BCUT2D eigenvalue weighted by molar-refractivity contribution is -0.116. The Bertz CT molecular complexity index is 1080. The summed E-state index contributed by atoms with van der Waals surface area (Å²) in [5.74, 6) is 0.739. The molecule has 0 spiro atoms. The van der Waals surface area contributed by atoms with Gasteiger partial charge in [-0.2, -0.15) is 0 Å². The zero-order valence-corrected chi connectivity index (χ0v) is 18.7. The molecule has 1 aromatic heterocycles. The zero-order chi connectivity index (χ0) is 22.9. The number of nitrogens with one attached hydrogen (secondary N) is 1. The molecule has 0 aliphatic heterocycles. The predicted molar refractivity (Wildman–Crippen MR) is 128 cm³/mol. The monoisotopic (exact) mass is 451 g/mol. The van der Waals surface area contributed by atoms with Gasteiger partial charge in [-0.1, -0.05) is 18.2 Å². The molecule has 32 heavy (non-hydrogen) atoms. The van der Waals surface area contributed by atoms with Gasteiger partial charge in [-0.15, -0.1) is 11.3 Å². The van der Waals surface area contributed by atoms with Crippen molar-refractivity contribution in [3.8, 4) is 17.2 Å². The Morgan fingerprint density at radius 2 is 1.84 bits per heavy atom. The molecule has 0 aliphatic carbocycles. The van der Waals surface area contributed by atoms with Crippen LogP contribution in [0.5, 0.6) is 17.2 Å². The number of phenols is 1. The average Bonchev–Trinajstić information content (AvgIpc) is 3.35. The summed E-state index contributed by atoms with van der Waals surface area (Å²) in [7, 11) is 2.90. The van der Waals surface area contributed by atoms with Gasteiger partial charge >= 0.3 is 0 Å². The number of carbonyl (C=O) groups excluding carboxylic acids is 1. The first-order valence-corrected chi connectivity index (χ1v) is 10.8. The van der Waals surface area contributed by atoms with Crippen molar-refractivity contribution in [2.75, 3.05) is 20.8 Å². The molecular formula is C24H25N3O4S. The smallest absolute Gasteiger partial charge is 0.244 e. The highest BCUT2D eigenvalue weighted by molar-refractivity contribution is 7.12. The van der Waals surface area contributed by atoms with Crippen LogP contribution in [0.2, 0.25) is 0 Å². The number of phenolic OH excluding ortho intramolecular Hbond substituents is 1. The topological polar surface area (TPSA) is 106 Å². The van der Waals surface area contributed by atoms with Crippen LogP contribution in [-0.4, -0.2) is 37.6 Å². The number of ether oxygens (including phenoxy) is 2. The van der Waals surface area contributed by atoms with Crippen molar-refractivity contribution < 1.29 is 19.4 Å². The maximum absolute atomic E-state index is 12.1. The van der Waals surface area contributed by atoms with Crippen molar-refractivity contribution in [1.82, 2.24) is 5.32 Å². The van der Waals surface area contributed by atoms with Crippen molar-refractivity contribution in [2.45, 2.75) is 6.42 Å². The standard InChI is InChI=1S/C24H25N3O4S/c1-30-19-14-17(15-20(31-2)23(19)29)7-10-22(28)26-12-11-16-5-8-18(9-6-16)27-24(25)21-4-3-13-32-21/h3-10,13-15,29H,11-12H2,1-2H3,(H2,25,27)(H,26,28)/b10-7+. The Labute approximate surface area is 190 Å². The van der Waals surface area contributed by atoms with Crippen LogP contribution in [0.15, 0.2) is 65.0 Å². The normalized spacial score (nSPS) is 11.5. The molecule has 0 saturated heterocycles. The third kappa shape index (κ3) is 6.12. The summed E-state index contributed by atoms with van der Waals surface area (Å²) in [5, 5.41) is 14.8. The van der Waals surface area contributed by atoms with Crippen LogP contribution in [-0.2, 0) is 11.2 Å². The van der Waals surface area contributed by atoms with E-state index in [1.807, 2.05) is 41.8 Å². The van der Waals surface area contributed by atoms with E-state index >= 15 is 0 Å². The van der Waals surface area contributed by atoms with Gasteiger partial charge in [-0.25, -0.2) is 4.99 Å². The van der Waals surface area contributed by atoms with E-state index in [0.717, 1.165) is 16.1 Å². The van der Waals surface area contributed by atoms with E-state index in [-0.39, 0.29) is 23.2 Å². The predicted octanol–water partition coefficient (Wildman–Crippen LogP) is 3.88. The Balaban J connectivity index is 1.51. The molecule has 3 aromatic rings. The molecule has 2 aromatic carbocycles. The molecule has 4 N–H and O–H groups in total. The minimum atomic E-state index is -0.221. The SMILES string of the molecule is COc1cc(/C=C/C(=O)NCCc2ccc(N=C(N)c3cccs3)cc2)cc(OC)c1O. The second-order valence-corrected chi connectivity index (χ2v) is 7.74. The highest BCUT2D eigenvalue weighted by atomic mass is 32.1. The first-order chi connectivity index (χ1) is 15.5. The van der Waals surface area contributed by atoms with Crippen molar-refractivity contribution in [2.24, 2.45) is 10.7 Å². The number of nitrogens with zero attached hydrogens (tertiary/aromatic N) is 1. The summed E-state index contributed by atoms with van der Waals surface area (Å²) in [6, 6.07) is 14.9. The molecule has 0 bridgehead atoms. The molecule has 3 rings (SSSR count). The molecule has 7 nitrogen and oxygen atoms in total. The summed E-state index contributed by atoms with van der Waals surface area (Å²) < 4.78 is 10.2. The first-order valence-electron chi connectivity index (χ1n) is 9.88. The summed E-state index contributed by atoms with van der Waals surface area (Å²) >= 11 is 1.55. The van der Waals surface area contributed by atoms with E-state index < -0.39 is 0 Å². The number of thiophene rings is 1. The fourth-order valence-corrected chi connectivity index (χ4v) is 3.55. The number of amides is 1. The molecule has 1 heterocycles. The van der Waals surface area contributed by atoms with Crippen molar-refractivity contribution in [1.29, 1.82) is 0 Å². The maximum atomic E-state index is 12.1. The van der Waals surface area contributed by atoms with Crippen LogP contribution >= 0.6 is 11.3 Å². The van der Waals surface area contributed by atoms with Crippen LogP contribution in [0, 0.1) is 0 Å². The Morgan fingerprint density at radius 1 is 1.16 bits per heavy atom. The quantitative estimate of drug-likeness (QED) is 0.260. The summed E-state index contributed by atoms with van der Waals surface area (Å²) in [5.41, 5.74) is 8.55. The molecular weight excluding hydrogens is 426 g/mol. The zero-order valence-electron chi connectivity index (χ0n) is 17.9. The Kier molecular flexibility index (Phi) is 7.88. The number of aliphatic imine (C=N–C) groups is 1. The number of hydrogen-bond acceptors (Lipinski definition) is 6. The minimum absolute atomic E-state index is 0.0810. The number of benzene rings is 2. The Morgan fingerprint density at radius 3 is 2.44 bits per heavy atom. The molecule has 0 atom stereocenters. The Hall–Kier alpha value is -3.78. The van der Waals surface area contributed by atoms with Gasteiger partial charge in [0, 0.05) is 12.6 Å². The largest absolute Gasteiger partial charge is 0.502 e. The third-order valence-corrected chi connectivity index (χ3v) is 5.49. The molecule has 0 fully saturated rings. The lowest BCUT2D eigenvalue weighted by Gasteiger charge is -2.09. The van der Waals surface area contributed by atoms with Gasteiger partial charge in [0.25, 0.3) is 0 Å². The lowest BCUT2D eigenvalue weighted by Crippen LogP contribution is -2.23. The molecule has 8 heteroatoms. The van der Waals surface area contributed by atoms with E-state index in [2.05, 4.69) is 10.3 Å². The van der Waals surface area contributed by atoms with Crippen LogP contribution in [0.3, 0.4) is 0 Å². The molecule has 166 valence electrons. The van der Waals surface area contributed by atoms with E-state index in [9.17, 15) is 9.90 Å². The van der Waals surface area contributed by atoms with Gasteiger partial charge in [0.2, 0.25) is 11.7 Å². The molecule has 0 saturated carbocycles. The third-order valence-electron chi connectivity index (χ3n) is 4.60. The van der Waals surface area contributed by atoms with E-state index in [4.69, 9.17) is 15.2 Å². The number of hydrogen-bond donors (Lipinski definition) is 3. The van der Waals surface area contributed by atoms with E-state index in [0.29, 0.717) is 24.4 Å². The molecule has 0 radical (unpaired) electrons. The second kappa shape index (κ2) is 11.0. The highest BCUT2D eigenvalue weighted by Gasteiger charge is 2.10. The van der Waals surface area contributed by atoms with Gasteiger partial charge in [0.1, 0.15) is 5.84 Å². The van der Waals surface area contributed by atoms with Crippen LogP contribution in [0.1, 0.15) is 16.0 Å². The summed E-state index contributed by atoms with van der Waals surface area (Å²) in [4.78, 5) is 17.5. The highest BCUT2D eigenvalue weighted by Crippen LogP contribution is 2.37. The van der Waals surface area contributed by atoms with Gasteiger partial charge in [0.15, 0.2) is 11.5 Å². The van der Waals surface area contributed by atoms with Crippen molar-refractivity contribution >= 4 is 34.8 Å². The van der Waals surface area contributed by atoms with Crippen LogP contribution < -0.4 is 20.5 Å². The lowest BCUT2D eigenvalue weighted by atomic mass is 10.1. The minimum Gasteiger partial charge on any atom is -0.502 e. The number of rotatable bonds is 9. The fraction of sp³-hybridized carbons (Fsp3) is 0.167. The molecule has 1 amide bonds. The average molecular weight is 452 g/mol. The van der Waals surface area contributed by atoms with Gasteiger partial charge in [-0.3, -0.25) is 4.79 Å². The first kappa shape index (κ1) is 22.9. The summed E-state index contributed by atoms with van der Waals surface area (Å²) in [6.45, 7) is 0.491. The van der Waals surface area contributed by atoms with E-state index in [1.165, 1.54) is 20.3 Å². The number of aromatic hydroxyl groups is 1. The number of amidine groups is 1. The maximum Gasteiger partial charge on any atom is 0.244 e. The molecule has 0 aliphatic rings. The molecule has 0 unspecified atom stereocenters. The van der Waals surface area contributed by atoms with Crippen LogP contribution in [0.25, 0.3) is 6.08 Å². The van der Waals surface area contributed by atoms with Gasteiger partial charge in [0.05, 0.1) is 24.8 Å². The second-order valence-electron chi connectivity index (χ2n) is 6.79. The van der Waals surface area contributed by atoms with Crippen LogP contribution in [0.4, 0.5) is 5.69 Å². The number of methoxy groups -OCH3 is 2. The van der Waals surface area contributed by atoms with Gasteiger partial charge < -0.3 is 25.6 Å². The van der Waals surface area contributed by atoms with E-state index in [1.54, 1.807) is 29.5 Å². The number of nitrogens with two attached hydrogens (primary N) is 1.